The molecular formula is C11H16. The highest BCUT2D eigenvalue weighted by molar-refractivity contribution is 5.33. The molecule has 0 bridgehead atoms. The van der Waals surface area contributed by atoms with Crippen molar-refractivity contribution >= 4 is 0 Å². The molecule has 0 aromatic rings. The van der Waals surface area contributed by atoms with Crippen molar-refractivity contribution in [1.82, 2.24) is 0 Å². The number of hydrogen-bond donors (Lipinski definition) is 0. The van der Waals surface area contributed by atoms with Crippen LogP contribution in [0.3, 0.4) is 0 Å². The zero-order chi connectivity index (χ0) is 7.73. The second-order valence-electron chi connectivity index (χ2n) is 3.77. The molecule has 0 N–H and O–H groups in total. The quantitative estimate of drug-likeness (QED) is 0.562. The van der Waals surface area contributed by atoms with Crippen molar-refractivity contribution in [3.8, 4) is 0 Å². The molecule has 11 heavy (non-hydrogen) atoms. The Hall–Kier alpha value is -0.520. The van der Waals surface area contributed by atoms with Crippen LogP contribution in [0.4, 0.5) is 0 Å². The van der Waals surface area contributed by atoms with Gasteiger partial charge < -0.3 is 0 Å². The van der Waals surface area contributed by atoms with Crippen LogP contribution in [0, 0.1) is 5.41 Å². The van der Waals surface area contributed by atoms with E-state index >= 15 is 0 Å². The van der Waals surface area contributed by atoms with Gasteiger partial charge in [-0.2, -0.15) is 0 Å². The summed E-state index contributed by atoms with van der Waals surface area (Å²) >= 11 is 0. The van der Waals surface area contributed by atoms with Crippen LogP contribution in [0.5, 0.6) is 0 Å². The second-order valence-corrected chi connectivity index (χ2v) is 3.77. The van der Waals surface area contributed by atoms with Crippen molar-refractivity contribution in [3.63, 3.8) is 0 Å². The van der Waals surface area contributed by atoms with Crippen molar-refractivity contribution in [1.29, 1.82) is 0 Å². The van der Waals surface area contributed by atoms with Gasteiger partial charge in [-0.25, -0.2) is 0 Å². The molecule has 1 fully saturated rings. The molecule has 0 saturated heterocycles. The SMILES string of the molecule is CCC1(C2=CCCC=C2)CC1. The maximum Gasteiger partial charge on any atom is -0.00522 e. The van der Waals surface area contributed by atoms with Gasteiger partial charge in [0.1, 0.15) is 0 Å². The van der Waals surface area contributed by atoms with Gasteiger partial charge in [0.05, 0.1) is 0 Å². The molecule has 2 aliphatic carbocycles. The normalized spacial score (nSPS) is 26.5. The Kier molecular flexibility index (Phi) is 1.63. The summed E-state index contributed by atoms with van der Waals surface area (Å²) < 4.78 is 0. The van der Waals surface area contributed by atoms with Gasteiger partial charge in [0.2, 0.25) is 0 Å². The number of hydrogen-bond acceptors (Lipinski definition) is 0. The van der Waals surface area contributed by atoms with Gasteiger partial charge in [-0.1, -0.05) is 25.2 Å². The van der Waals surface area contributed by atoms with Gasteiger partial charge in [0, 0.05) is 0 Å². The topological polar surface area (TPSA) is 0 Å². The first-order chi connectivity index (χ1) is 5.37. The molecule has 2 aliphatic rings. The summed E-state index contributed by atoms with van der Waals surface area (Å²) in [7, 11) is 0. The molecule has 1 saturated carbocycles. The third-order valence-electron chi connectivity index (χ3n) is 3.14. The van der Waals surface area contributed by atoms with E-state index < -0.39 is 0 Å². The molecule has 0 spiro atoms. The lowest BCUT2D eigenvalue weighted by molar-refractivity contribution is 0.591. The van der Waals surface area contributed by atoms with Crippen LogP contribution in [0.1, 0.15) is 39.0 Å². The van der Waals surface area contributed by atoms with E-state index in [1.165, 1.54) is 32.1 Å². The molecule has 0 aromatic carbocycles. The molecule has 2 rings (SSSR count). The molecule has 0 heteroatoms. The number of rotatable bonds is 2. The first-order valence-corrected chi connectivity index (χ1v) is 4.74. The molecule has 0 amide bonds. The Balaban J connectivity index is 2.15. The number of allylic oxidation sites excluding steroid dienone is 4. The van der Waals surface area contributed by atoms with Crippen LogP contribution in [-0.4, -0.2) is 0 Å². The van der Waals surface area contributed by atoms with E-state index in [0.717, 1.165) is 0 Å². The van der Waals surface area contributed by atoms with Crippen molar-refractivity contribution in [2.75, 3.05) is 0 Å². The molecule has 0 heterocycles. The molecule has 0 aromatic heterocycles. The van der Waals surface area contributed by atoms with Gasteiger partial charge in [0.25, 0.3) is 0 Å². The first-order valence-electron chi connectivity index (χ1n) is 4.74. The van der Waals surface area contributed by atoms with E-state index in [1.54, 1.807) is 5.57 Å². The van der Waals surface area contributed by atoms with E-state index in [4.69, 9.17) is 0 Å². The van der Waals surface area contributed by atoms with E-state index in [2.05, 4.69) is 25.2 Å². The highest BCUT2D eigenvalue weighted by Gasteiger charge is 2.42. The minimum atomic E-state index is 0.636. The van der Waals surface area contributed by atoms with Gasteiger partial charge in [-0.05, 0) is 43.1 Å². The Labute approximate surface area is 69.0 Å². The predicted octanol–water partition coefficient (Wildman–Crippen LogP) is 3.45. The Bertz CT molecular complexity index is 204. The van der Waals surface area contributed by atoms with Crippen LogP contribution in [0.25, 0.3) is 0 Å². The van der Waals surface area contributed by atoms with Crippen LogP contribution >= 0.6 is 0 Å². The van der Waals surface area contributed by atoms with Crippen molar-refractivity contribution in [2.45, 2.75) is 39.0 Å². The molecule has 0 radical (unpaired) electrons. The Morgan fingerprint density at radius 2 is 2.18 bits per heavy atom. The van der Waals surface area contributed by atoms with E-state index in [9.17, 15) is 0 Å². The highest BCUT2D eigenvalue weighted by Crippen LogP contribution is 2.55. The molecule has 0 nitrogen and oxygen atoms in total. The summed E-state index contributed by atoms with van der Waals surface area (Å²) in [5.74, 6) is 0. The maximum atomic E-state index is 2.44. The summed E-state index contributed by atoms with van der Waals surface area (Å²) in [6.07, 6.45) is 13.8. The molecular weight excluding hydrogens is 132 g/mol. The fourth-order valence-corrected chi connectivity index (χ4v) is 2.00. The Morgan fingerprint density at radius 3 is 2.64 bits per heavy atom. The fraction of sp³-hybridized carbons (Fsp3) is 0.636. The lowest BCUT2D eigenvalue weighted by Gasteiger charge is -2.16. The van der Waals surface area contributed by atoms with Crippen LogP contribution < -0.4 is 0 Å². The lowest BCUT2D eigenvalue weighted by atomic mass is 9.89. The average molecular weight is 148 g/mol. The standard InChI is InChI=1S/C11H16/c1-2-11(8-9-11)10-6-4-3-5-7-10/h4,6-7H,2-3,5,8-9H2,1H3. The monoisotopic (exact) mass is 148 g/mol. The minimum absolute atomic E-state index is 0.636. The average Bonchev–Trinajstić information content (AvgIpc) is 2.86. The predicted molar refractivity (Wildman–Crippen MR) is 48.4 cm³/mol. The molecule has 60 valence electrons. The summed E-state index contributed by atoms with van der Waals surface area (Å²) in [6.45, 7) is 2.32. The van der Waals surface area contributed by atoms with Crippen LogP contribution in [0.2, 0.25) is 0 Å². The largest absolute Gasteiger partial charge is 0.0839 e. The Morgan fingerprint density at radius 1 is 1.36 bits per heavy atom. The zero-order valence-corrected chi connectivity index (χ0v) is 7.27. The highest BCUT2D eigenvalue weighted by atomic mass is 14.5. The second kappa shape index (κ2) is 2.51. The van der Waals surface area contributed by atoms with Crippen molar-refractivity contribution in [2.24, 2.45) is 5.41 Å². The maximum absolute atomic E-state index is 2.44. The van der Waals surface area contributed by atoms with Crippen molar-refractivity contribution < 1.29 is 0 Å². The van der Waals surface area contributed by atoms with E-state index in [0.29, 0.717) is 5.41 Å². The first kappa shape index (κ1) is 7.15. The smallest absolute Gasteiger partial charge is 0.00522 e. The summed E-state index contributed by atoms with van der Waals surface area (Å²) in [5.41, 5.74) is 2.27. The zero-order valence-electron chi connectivity index (χ0n) is 7.27. The van der Waals surface area contributed by atoms with E-state index in [-0.39, 0.29) is 0 Å². The summed E-state index contributed by atoms with van der Waals surface area (Å²) in [5, 5.41) is 0. The third kappa shape index (κ3) is 1.15. The summed E-state index contributed by atoms with van der Waals surface area (Å²) in [6, 6.07) is 0. The molecule has 0 atom stereocenters. The fourth-order valence-electron chi connectivity index (χ4n) is 2.00. The van der Waals surface area contributed by atoms with Crippen LogP contribution in [0.15, 0.2) is 23.8 Å². The summed E-state index contributed by atoms with van der Waals surface area (Å²) in [4.78, 5) is 0. The lowest BCUT2D eigenvalue weighted by Crippen LogP contribution is -2.02. The van der Waals surface area contributed by atoms with Gasteiger partial charge in [-0.15, -0.1) is 0 Å². The van der Waals surface area contributed by atoms with Gasteiger partial charge in [0.15, 0.2) is 0 Å². The van der Waals surface area contributed by atoms with Crippen LogP contribution in [-0.2, 0) is 0 Å². The molecule has 0 unspecified atom stereocenters. The third-order valence-corrected chi connectivity index (χ3v) is 3.14. The van der Waals surface area contributed by atoms with E-state index in [1.807, 2.05) is 0 Å². The minimum Gasteiger partial charge on any atom is -0.0839 e. The van der Waals surface area contributed by atoms with Crippen molar-refractivity contribution in [3.05, 3.63) is 23.8 Å². The van der Waals surface area contributed by atoms with Gasteiger partial charge >= 0.3 is 0 Å². The van der Waals surface area contributed by atoms with Gasteiger partial charge in [-0.3, -0.25) is 0 Å². The molecule has 0 aliphatic heterocycles.